The molecule has 0 fully saturated rings. The summed E-state index contributed by atoms with van der Waals surface area (Å²) < 4.78 is 64.9. The number of nitrogens with one attached hydrogen (secondary N) is 1. The monoisotopic (exact) mass is 448 g/mol. The topological polar surface area (TPSA) is 66.5 Å². The zero-order valence-electron chi connectivity index (χ0n) is 16.1. The molecular weight excluding hydrogens is 429 g/mol. The second-order valence-corrected chi connectivity index (χ2v) is 8.90. The van der Waals surface area contributed by atoms with Gasteiger partial charge in [0.15, 0.2) is 0 Å². The van der Waals surface area contributed by atoms with Gasteiger partial charge in [-0.3, -0.25) is 9.10 Å². The first-order chi connectivity index (χ1) is 13.2. The number of sulfonamides is 1. The van der Waals surface area contributed by atoms with Gasteiger partial charge in [0, 0.05) is 5.69 Å². The molecule has 29 heavy (non-hydrogen) atoms. The van der Waals surface area contributed by atoms with Crippen molar-refractivity contribution in [2.45, 2.75) is 33.0 Å². The zero-order chi connectivity index (χ0) is 22.1. The quantitative estimate of drug-likeness (QED) is 0.716. The van der Waals surface area contributed by atoms with Crippen molar-refractivity contribution in [3.8, 4) is 0 Å². The van der Waals surface area contributed by atoms with Crippen molar-refractivity contribution in [3.63, 3.8) is 0 Å². The zero-order valence-corrected chi connectivity index (χ0v) is 17.7. The van der Waals surface area contributed by atoms with Crippen molar-refractivity contribution in [2.75, 3.05) is 15.9 Å². The fourth-order valence-electron chi connectivity index (χ4n) is 2.80. The SMILES string of the molecule is Cc1cccc(NC(=O)C(C)N(c2ccc(Cl)c(C(F)(F)F)c2)S(C)(=O)=O)c1C. The largest absolute Gasteiger partial charge is 0.417 e. The number of aryl methyl sites for hydroxylation is 1. The van der Waals surface area contributed by atoms with Crippen LogP contribution in [-0.4, -0.2) is 26.6 Å². The van der Waals surface area contributed by atoms with Crippen LogP contribution >= 0.6 is 11.6 Å². The van der Waals surface area contributed by atoms with Gasteiger partial charge in [-0.1, -0.05) is 23.7 Å². The number of nitrogens with zero attached hydrogens (tertiary/aromatic N) is 1. The predicted molar refractivity (Wildman–Crippen MR) is 108 cm³/mol. The van der Waals surface area contributed by atoms with E-state index in [4.69, 9.17) is 11.6 Å². The molecule has 0 radical (unpaired) electrons. The lowest BCUT2D eigenvalue weighted by atomic mass is 10.1. The minimum atomic E-state index is -4.78. The van der Waals surface area contributed by atoms with Crippen molar-refractivity contribution >= 4 is 38.9 Å². The first-order valence-electron chi connectivity index (χ1n) is 8.46. The van der Waals surface area contributed by atoms with Crippen LogP contribution < -0.4 is 9.62 Å². The maximum Gasteiger partial charge on any atom is 0.417 e. The molecule has 0 saturated carbocycles. The van der Waals surface area contributed by atoms with Gasteiger partial charge in [0.2, 0.25) is 15.9 Å². The molecule has 0 aliphatic heterocycles. The number of rotatable bonds is 5. The van der Waals surface area contributed by atoms with Gasteiger partial charge in [-0.25, -0.2) is 8.42 Å². The highest BCUT2D eigenvalue weighted by atomic mass is 35.5. The Labute approximate surface area is 172 Å². The molecule has 2 rings (SSSR count). The lowest BCUT2D eigenvalue weighted by Crippen LogP contribution is -2.45. The van der Waals surface area contributed by atoms with E-state index in [1.807, 2.05) is 13.0 Å². The van der Waals surface area contributed by atoms with Crippen LogP contribution in [0.1, 0.15) is 23.6 Å². The van der Waals surface area contributed by atoms with Crippen LogP contribution in [0.25, 0.3) is 0 Å². The minimum Gasteiger partial charge on any atom is -0.324 e. The number of carbonyl (C=O) groups excluding carboxylic acids is 1. The molecule has 5 nitrogen and oxygen atoms in total. The predicted octanol–water partition coefficient (Wildman–Crippen LogP) is 4.77. The third-order valence-corrected chi connectivity index (χ3v) is 6.03. The summed E-state index contributed by atoms with van der Waals surface area (Å²) in [4.78, 5) is 12.7. The number of hydrogen-bond acceptors (Lipinski definition) is 3. The lowest BCUT2D eigenvalue weighted by Gasteiger charge is -2.29. The van der Waals surface area contributed by atoms with Crippen LogP contribution in [0.5, 0.6) is 0 Å². The molecule has 0 saturated heterocycles. The maximum atomic E-state index is 13.2. The third kappa shape index (κ3) is 5.22. The van der Waals surface area contributed by atoms with E-state index in [0.717, 1.165) is 29.5 Å². The van der Waals surface area contributed by atoms with Crippen molar-refractivity contribution in [1.82, 2.24) is 0 Å². The van der Waals surface area contributed by atoms with Gasteiger partial charge in [0.1, 0.15) is 6.04 Å². The van der Waals surface area contributed by atoms with Gasteiger partial charge in [-0.2, -0.15) is 13.2 Å². The van der Waals surface area contributed by atoms with E-state index in [-0.39, 0.29) is 5.69 Å². The first-order valence-corrected chi connectivity index (χ1v) is 10.7. The molecular formula is C19H20ClF3N2O3S. The molecule has 2 aromatic carbocycles. The Morgan fingerprint density at radius 2 is 1.79 bits per heavy atom. The summed E-state index contributed by atoms with van der Waals surface area (Å²) in [6.45, 7) is 4.94. The lowest BCUT2D eigenvalue weighted by molar-refractivity contribution is -0.137. The highest BCUT2D eigenvalue weighted by molar-refractivity contribution is 7.92. The van der Waals surface area contributed by atoms with Crippen molar-refractivity contribution in [3.05, 3.63) is 58.1 Å². The van der Waals surface area contributed by atoms with Crippen molar-refractivity contribution < 1.29 is 26.4 Å². The highest BCUT2D eigenvalue weighted by Crippen LogP contribution is 2.37. The van der Waals surface area contributed by atoms with Crippen molar-refractivity contribution in [2.24, 2.45) is 0 Å². The van der Waals surface area contributed by atoms with Gasteiger partial charge < -0.3 is 5.32 Å². The number of amides is 1. The second kappa shape index (κ2) is 8.23. The van der Waals surface area contributed by atoms with Gasteiger partial charge in [-0.05, 0) is 56.2 Å². The van der Waals surface area contributed by atoms with Gasteiger partial charge in [-0.15, -0.1) is 0 Å². The molecule has 1 unspecified atom stereocenters. The molecule has 0 aliphatic rings. The number of benzene rings is 2. The summed E-state index contributed by atoms with van der Waals surface area (Å²) >= 11 is 5.61. The standard InChI is InChI=1S/C19H20ClF3N2O3S/c1-11-6-5-7-17(12(11)2)24-18(26)13(3)25(29(4,27)28)14-8-9-16(20)15(10-14)19(21,22)23/h5-10,13H,1-4H3,(H,24,26). The Hall–Kier alpha value is -2.26. The minimum absolute atomic E-state index is 0.312. The van der Waals surface area contributed by atoms with Gasteiger partial charge >= 0.3 is 6.18 Å². The Morgan fingerprint density at radius 3 is 2.34 bits per heavy atom. The molecule has 1 amide bonds. The van der Waals surface area contributed by atoms with Crippen LogP contribution in [0.4, 0.5) is 24.5 Å². The second-order valence-electron chi connectivity index (χ2n) is 6.63. The van der Waals surface area contributed by atoms with Crippen LogP contribution in [-0.2, 0) is 21.0 Å². The van der Waals surface area contributed by atoms with E-state index in [9.17, 15) is 26.4 Å². The summed E-state index contributed by atoms with van der Waals surface area (Å²) in [6.07, 6.45) is -3.96. The summed E-state index contributed by atoms with van der Waals surface area (Å²) in [7, 11) is -4.09. The molecule has 1 N–H and O–H groups in total. The normalized spacial score (nSPS) is 13.1. The number of alkyl halides is 3. The molecule has 10 heteroatoms. The summed E-state index contributed by atoms with van der Waals surface area (Å²) in [5.74, 6) is -0.687. The van der Waals surface area contributed by atoms with Crippen LogP contribution in [0.2, 0.25) is 5.02 Å². The molecule has 0 aliphatic carbocycles. The van der Waals surface area contributed by atoms with Gasteiger partial charge in [0.05, 0.1) is 22.5 Å². The van der Waals surface area contributed by atoms with E-state index in [2.05, 4.69) is 5.32 Å². The van der Waals surface area contributed by atoms with E-state index >= 15 is 0 Å². The Kier molecular flexibility index (Phi) is 6.54. The fraction of sp³-hybridized carbons (Fsp3) is 0.316. The molecule has 0 aromatic heterocycles. The Bertz CT molecular complexity index is 1040. The van der Waals surface area contributed by atoms with E-state index in [0.29, 0.717) is 16.1 Å². The number of carbonyl (C=O) groups is 1. The van der Waals surface area contributed by atoms with Crippen LogP contribution in [0.3, 0.4) is 0 Å². The van der Waals surface area contributed by atoms with Gasteiger partial charge in [0.25, 0.3) is 0 Å². The molecule has 0 spiro atoms. The smallest absolute Gasteiger partial charge is 0.324 e. The number of halogens is 4. The number of anilines is 2. The molecule has 0 heterocycles. The van der Waals surface area contributed by atoms with Crippen LogP contribution in [0.15, 0.2) is 36.4 Å². The maximum absolute atomic E-state index is 13.2. The number of hydrogen-bond donors (Lipinski definition) is 1. The average Bonchev–Trinajstić information content (AvgIpc) is 2.58. The summed E-state index contributed by atoms with van der Waals surface area (Å²) in [6, 6.07) is 6.61. The third-order valence-electron chi connectivity index (χ3n) is 4.46. The average molecular weight is 449 g/mol. The van der Waals surface area contributed by atoms with E-state index in [1.54, 1.807) is 19.1 Å². The first kappa shape index (κ1) is 23.0. The molecule has 2 aromatic rings. The molecule has 0 bridgehead atoms. The van der Waals surface area contributed by atoms with Crippen molar-refractivity contribution in [1.29, 1.82) is 0 Å². The molecule has 158 valence electrons. The Balaban J connectivity index is 2.46. The molecule has 1 atom stereocenters. The van der Waals surface area contributed by atoms with E-state index in [1.165, 1.54) is 6.92 Å². The summed E-state index contributed by atoms with van der Waals surface area (Å²) in [5.41, 5.74) is 0.704. The fourth-order valence-corrected chi connectivity index (χ4v) is 4.19. The summed E-state index contributed by atoms with van der Waals surface area (Å²) in [5, 5.41) is 2.07. The highest BCUT2D eigenvalue weighted by Gasteiger charge is 2.36. The van der Waals surface area contributed by atoms with E-state index < -0.39 is 38.7 Å². The Morgan fingerprint density at radius 1 is 1.17 bits per heavy atom. The van der Waals surface area contributed by atoms with Crippen LogP contribution in [0, 0.1) is 13.8 Å².